The van der Waals surface area contributed by atoms with Gasteiger partial charge in [-0.05, 0) is 12.8 Å². The lowest BCUT2D eigenvalue weighted by Crippen LogP contribution is -2.58. The van der Waals surface area contributed by atoms with E-state index in [0.29, 0.717) is 0 Å². The molecule has 0 aromatic carbocycles. The standard InChI is InChI=1S/C18H29N7O10/c19-7(1-3-11(20)26)15(31)23-8(2-4-12(21)27)16(32)24-9(5-13(22)28)17(33)25-10(18(34)35)6-14(29)30/h7-10H,1-6,19H2,(H2,20,26)(H2,21,27)(H2,22,28)(H,23,31)(H,24,32)(H,25,33)(H,29,30)(H,34,35). The van der Waals surface area contributed by atoms with Crippen LogP contribution in [0.1, 0.15) is 38.5 Å². The second-order valence-electron chi connectivity index (χ2n) is 7.41. The summed E-state index contributed by atoms with van der Waals surface area (Å²) >= 11 is 0. The number of carboxylic acid groups (broad SMARTS) is 2. The molecular formula is C18H29N7O10. The number of carbonyl (C=O) groups excluding carboxylic acids is 6. The minimum Gasteiger partial charge on any atom is -0.481 e. The SMILES string of the molecule is NC(=O)CCC(N)C(=O)NC(CCC(N)=O)C(=O)NC(CC(N)=O)C(=O)NC(CC(=O)O)C(=O)O. The van der Waals surface area contributed by atoms with Crippen LogP contribution in [0, 0.1) is 0 Å². The van der Waals surface area contributed by atoms with Gasteiger partial charge in [0, 0.05) is 12.8 Å². The van der Waals surface area contributed by atoms with Gasteiger partial charge in [-0.25, -0.2) is 4.79 Å². The third-order valence-corrected chi connectivity index (χ3v) is 4.38. The maximum absolute atomic E-state index is 12.7. The molecule has 0 aliphatic heterocycles. The molecule has 13 N–H and O–H groups in total. The highest BCUT2D eigenvalue weighted by atomic mass is 16.4. The Morgan fingerprint density at radius 1 is 0.600 bits per heavy atom. The molecule has 0 fully saturated rings. The minimum atomic E-state index is -1.89. The van der Waals surface area contributed by atoms with E-state index in [1.54, 1.807) is 0 Å². The van der Waals surface area contributed by atoms with E-state index in [2.05, 4.69) is 10.6 Å². The number of hydrogen-bond donors (Lipinski definition) is 9. The molecule has 17 heteroatoms. The Morgan fingerprint density at radius 2 is 1.06 bits per heavy atom. The van der Waals surface area contributed by atoms with E-state index in [0.717, 1.165) is 0 Å². The maximum Gasteiger partial charge on any atom is 0.326 e. The third-order valence-electron chi connectivity index (χ3n) is 4.38. The van der Waals surface area contributed by atoms with E-state index in [4.69, 9.17) is 33.1 Å². The van der Waals surface area contributed by atoms with Gasteiger partial charge in [-0.1, -0.05) is 0 Å². The van der Waals surface area contributed by atoms with Gasteiger partial charge in [0.25, 0.3) is 0 Å². The molecule has 196 valence electrons. The minimum absolute atomic E-state index is 0.155. The summed E-state index contributed by atoms with van der Waals surface area (Å²) in [4.78, 5) is 92.8. The molecule has 0 radical (unpaired) electrons. The molecule has 0 saturated carbocycles. The first kappa shape index (κ1) is 30.7. The molecule has 0 rings (SSSR count). The average molecular weight is 503 g/mol. The molecule has 0 aliphatic carbocycles. The largest absolute Gasteiger partial charge is 0.481 e. The van der Waals surface area contributed by atoms with Crippen LogP contribution in [-0.4, -0.2) is 81.8 Å². The summed E-state index contributed by atoms with van der Waals surface area (Å²) < 4.78 is 0. The van der Waals surface area contributed by atoms with Crippen molar-refractivity contribution in [2.75, 3.05) is 0 Å². The van der Waals surface area contributed by atoms with Gasteiger partial charge in [0.2, 0.25) is 35.4 Å². The van der Waals surface area contributed by atoms with Crippen LogP contribution in [-0.2, 0) is 38.4 Å². The first-order chi connectivity index (χ1) is 16.1. The first-order valence-corrected chi connectivity index (χ1v) is 10.1. The van der Waals surface area contributed by atoms with Gasteiger partial charge in [-0.15, -0.1) is 0 Å². The summed E-state index contributed by atoms with van der Waals surface area (Å²) in [7, 11) is 0. The molecule has 35 heavy (non-hydrogen) atoms. The van der Waals surface area contributed by atoms with Gasteiger partial charge in [0.1, 0.15) is 18.1 Å². The Labute approximate surface area is 198 Å². The highest BCUT2D eigenvalue weighted by Gasteiger charge is 2.32. The number of rotatable bonds is 17. The summed E-state index contributed by atoms with van der Waals surface area (Å²) in [6, 6.07) is -6.40. The lowest BCUT2D eigenvalue weighted by molar-refractivity contribution is -0.147. The quantitative estimate of drug-likeness (QED) is 0.0902. The number of primary amides is 3. The summed E-state index contributed by atoms with van der Waals surface area (Å²) in [5.74, 6) is -9.12. The Hall–Kier alpha value is -4.28. The predicted octanol–water partition coefficient (Wildman–Crippen LogP) is -5.27. The Morgan fingerprint density at radius 3 is 1.51 bits per heavy atom. The van der Waals surface area contributed by atoms with Crippen molar-refractivity contribution in [3.05, 3.63) is 0 Å². The number of carbonyl (C=O) groups is 8. The zero-order chi connectivity index (χ0) is 27.3. The second kappa shape index (κ2) is 14.8. The van der Waals surface area contributed by atoms with E-state index in [-0.39, 0.29) is 25.7 Å². The predicted molar refractivity (Wildman–Crippen MR) is 114 cm³/mol. The molecular weight excluding hydrogens is 474 g/mol. The summed E-state index contributed by atoms with van der Waals surface area (Å²) in [6.45, 7) is 0. The van der Waals surface area contributed by atoms with Crippen LogP contribution in [0.3, 0.4) is 0 Å². The number of nitrogens with one attached hydrogen (secondary N) is 3. The molecule has 0 saturated heterocycles. The van der Waals surface area contributed by atoms with Crippen LogP contribution in [0.4, 0.5) is 0 Å². The highest BCUT2D eigenvalue weighted by Crippen LogP contribution is 2.04. The molecule has 0 aliphatic rings. The zero-order valence-corrected chi connectivity index (χ0v) is 18.5. The normalized spacial score (nSPS) is 13.9. The molecule has 0 heterocycles. The van der Waals surface area contributed by atoms with Crippen molar-refractivity contribution in [2.24, 2.45) is 22.9 Å². The number of amides is 6. The van der Waals surface area contributed by atoms with E-state index in [1.165, 1.54) is 0 Å². The fraction of sp³-hybridized carbons (Fsp3) is 0.556. The highest BCUT2D eigenvalue weighted by molar-refractivity contribution is 5.96. The molecule has 17 nitrogen and oxygen atoms in total. The van der Waals surface area contributed by atoms with Gasteiger partial charge >= 0.3 is 11.9 Å². The Kier molecular flexibility index (Phi) is 13.0. The van der Waals surface area contributed by atoms with Crippen molar-refractivity contribution in [3.63, 3.8) is 0 Å². The molecule has 0 aromatic heterocycles. The lowest BCUT2D eigenvalue weighted by atomic mass is 10.1. The van der Waals surface area contributed by atoms with E-state index in [9.17, 15) is 38.4 Å². The Balaban J connectivity index is 5.59. The lowest BCUT2D eigenvalue weighted by Gasteiger charge is -2.24. The van der Waals surface area contributed by atoms with E-state index in [1.807, 2.05) is 5.32 Å². The van der Waals surface area contributed by atoms with Gasteiger partial charge < -0.3 is 49.1 Å². The average Bonchev–Trinajstić information content (AvgIpc) is 2.72. The summed E-state index contributed by atoms with van der Waals surface area (Å²) in [6.07, 6.45) is -2.93. The van der Waals surface area contributed by atoms with Crippen molar-refractivity contribution in [1.29, 1.82) is 0 Å². The third kappa shape index (κ3) is 13.1. The summed E-state index contributed by atoms with van der Waals surface area (Å²) in [5, 5.41) is 24.0. The topological polar surface area (TPSA) is 317 Å². The fourth-order valence-electron chi connectivity index (χ4n) is 2.59. The number of aliphatic carboxylic acids is 2. The van der Waals surface area contributed by atoms with Crippen molar-refractivity contribution in [2.45, 2.75) is 62.7 Å². The van der Waals surface area contributed by atoms with Gasteiger partial charge in [-0.2, -0.15) is 0 Å². The number of nitrogens with two attached hydrogens (primary N) is 4. The van der Waals surface area contributed by atoms with Crippen LogP contribution in [0.5, 0.6) is 0 Å². The van der Waals surface area contributed by atoms with E-state index >= 15 is 0 Å². The van der Waals surface area contributed by atoms with Gasteiger partial charge in [0.15, 0.2) is 0 Å². The molecule has 0 spiro atoms. The van der Waals surface area contributed by atoms with Crippen molar-refractivity contribution in [3.8, 4) is 0 Å². The molecule has 6 amide bonds. The monoisotopic (exact) mass is 503 g/mol. The summed E-state index contributed by atoms with van der Waals surface area (Å²) in [5.41, 5.74) is 20.8. The van der Waals surface area contributed by atoms with Crippen LogP contribution < -0.4 is 38.9 Å². The van der Waals surface area contributed by atoms with Crippen molar-refractivity contribution >= 4 is 47.4 Å². The maximum atomic E-state index is 12.7. The van der Waals surface area contributed by atoms with Crippen molar-refractivity contribution < 1.29 is 48.6 Å². The molecule has 4 atom stereocenters. The van der Waals surface area contributed by atoms with Gasteiger partial charge in [-0.3, -0.25) is 33.6 Å². The number of hydrogen-bond acceptors (Lipinski definition) is 9. The molecule has 0 aromatic rings. The van der Waals surface area contributed by atoms with Gasteiger partial charge in [0.05, 0.1) is 18.9 Å². The van der Waals surface area contributed by atoms with Crippen LogP contribution in [0.2, 0.25) is 0 Å². The smallest absolute Gasteiger partial charge is 0.326 e. The molecule has 0 bridgehead atoms. The zero-order valence-electron chi connectivity index (χ0n) is 18.5. The van der Waals surface area contributed by atoms with Crippen molar-refractivity contribution in [1.82, 2.24) is 16.0 Å². The first-order valence-electron chi connectivity index (χ1n) is 10.1. The second-order valence-corrected chi connectivity index (χ2v) is 7.41. The van der Waals surface area contributed by atoms with Crippen LogP contribution in [0.25, 0.3) is 0 Å². The number of carboxylic acids is 2. The van der Waals surface area contributed by atoms with Crippen LogP contribution in [0.15, 0.2) is 0 Å². The molecule has 4 unspecified atom stereocenters. The van der Waals surface area contributed by atoms with E-state index < -0.39 is 84.4 Å². The fourth-order valence-corrected chi connectivity index (χ4v) is 2.59. The van der Waals surface area contributed by atoms with Crippen LogP contribution >= 0.6 is 0 Å². The Bertz CT molecular complexity index is 863.